The van der Waals surface area contributed by atoms with Gasteiger partial charge < -0.3 is 5.73 Å². The molecule has 0 atom stereocenters. The van der Waals surface area contributed by atoms with Crippen LogP contribution in [0.1, 0.15) is 5.56 Å². The molecule has 0 amide bonds. The van der Waals surface area contributed by atoms with E-state index in [9.17, 15) is 0 Å². The van der Waals surface area contributed by atoms with Crippen molar-refractivity contribution in [2.24, 2.45) is 5.73 Å². The van der Waals surface area contributed by atoms with Crippen LogP contribution in [0.4, 0.5) is 0 Å². The van der Waals surface area contributed by atoms with E-state index in [-0.39, 0.29) is 5.84 Å². The van der Waals surface area contributed by atoms with E-state index >= 15 is 0 Å². The summed E-state index contributed by atoms with van der Waals surface area (Å²) in [7, 11) is 0. The molecule has 0 radical (unpaired) electrons. The van der Waals surface area contributed by atoms with E-state index in [4.69, 9.17) is 22.7 Å². The van der Waals surface area contributed by atoms with Crippen LogP contribution in [-0.4, -0.2) is 15.6 Å². The van der Waals surface area contributed by atoms with Gasteiger partial charge in [-0.15, -0.1) is 0 Å². The molecule has 4 nitrogen and oxygen atoms in total. The zero-order valence-electron chi connectivity index (χ0n) is 11.1. The minimum absolute atomic E-state index is 0.0153. The van der Waals surface area contributed by atoms with Gasteiger partial charge in [0.05, 0.1) is 11.9 Å². The van der Waals surface area contributed by atoms with Crippen molar-refractivity contribution in [2.45, 2.75) is 0 Å². The van der Waals surface area contributed by atoms with E-state index in [1.165, 1.54) is 0 Å². The Labute approximate surface area is 127 Å². The minimum Gasteiger partial charge on any atom is -0.384 e. The maximum Gasteiger partial charge on any atom is 0.124 e. The summed E-state index contributed by atoms with van der Waals surface area (Å²) >= 11 is 6.04. The van der Waals surface area contributed by atoms with Gasteiger partial charge in [0, 0.05) is 22.3 Å². The number of benzene rings is 2. The Kier molecular flexibility index (Phi) is 3.46. The third kappa shape index (κ3) is 2.66. The third-order valence-electron chi connectivity index (χ3n) is 3.19. The minimum atomic E-state index is -0.0153. The van der Waals surface area contributed by atoms with E-state index < -0.39 is 0 Å². The van der Waals surface area contributed by atoms with Gasteiger partial charge in [-0.1, -0.05) is 41.9 Å². The highest BCUT2D eigenvalue weighted by atomic mass is 35.5. The smallest absolute Gasteiger partial charge is 0.124 e. The van der Waals surface area contributed by atoms with Gasteiger partial charge in [-0.2, -0.15) is 5.10 Å². The molecule has 0 saturated carbocycles. The summed E-state index contributed by atoms with van der Waals surface area (Å²) in [5.41, 5.74) is 8.98. The average molecular weight is 297 g/mol. The SMILES string of the molecule is N=C(N)c1ccc(Cl)cc1-n1cc(-c2ccccc2)cn1. The molecule has 0 fully saturated rings. The number of rotatable bonds is 3. The normalized spacial score (nSPS) is 10.5. The van der Waals surface area contributed by atoms with Gasteiger partial charge in [0.2, 0.25) is 0 Å². The molecule has 0 bridgehead atoms. The summed E-state index contributed by atoms with van der Waals surface area (Å²) < 4.78 is 1.69. The molecule has 0 spiro atoms. The first kappa shape index (κ1) is 13.4. The number of nitrogens with two attached hydrogens (primary N) is 1. The highest BCUT2D eigenvalue weighted by Crippen LogP contribution is 2.23. The second-order valence-corrected chi connectivity index (χ2v) is 5.05. The standard InChI is InChI=1S/C16H13ClN4/c17-13-6-7-14(16(18)19)15(8-13)21-10-12(9-20-21)11-4-2-1-3-5-11/h1-10H,(H3,18,19). The van der Waals surface area contributed by atoms with Gasteiger partial charge >= 0.3 is 0 Å². The van der Waals surface area contributed by atoms with Crippen LogP contribution in [0.15, 0.2) is 60.9 Å². The molecule has 5 heteroatoms. The van der Waals surface area contributed by atoms with Crippen LogP contribution in [0.5, 0.6) is 0 Å². The molecule has 3 N–H and O–H groups in total. The molecule has 0 aliphatic heterocycles. The van der Waals surface area contributed by atoms with Gasteiger partial charge in [0.25, 0.3) is 0 Å². The molecule has 21 heavy (non-hydrogen) atoms. The van der Waals surface area contributed by atoms with Crippen molar-refractivity contribution < 1.29 is 0 Å². The summed E-state index contributed by atoms with van der Waals surface area (Å²) in [5.74, 6) is -0.0153. The Hall–Kier alpha value is -2.59. The van der Waals surface area contributed by atoms with Crippen LogP contribution in [0.3, 0.4) is 0 Å². The Morgan fingerprint density at radius 3 is 2.57 bits per heavy atom. The van der Waals surface area contributed by atoms with Crippen LogP contribution in [0.25, 0.3) is 16.8 Å². The fraction of sp³-hybridized carbons (Fsp3) is 0. The molecule has 1 aromatic heterocycles. The fourth-order valence-electron chi connectivity index (χ4n) is 2.16. The molecule has 0 unspecified atom stereocenters. The van der Waals surface area contributed by atoms with Gasteiger partial charge in [-0.05, 0) is 23.8 Å². The van der Waals surface area contributed by atoms with Gasteiger partial charge in [-0.25, -0.2) is 4.68 Å². The predicted molar refractivity (Wildman–Crippen MR) is 85.0 cm³/mol. The molecule has 3 rings (SSSR count). The summed E-state index contributed by atoms with van der Waals surface area (Å²) in [6, 6.07) is 15.2. The lowest BCUT2D eigenvalue weighted by Gasteiger charge is -2.08. The predicted octanol–water partition coefficient (Wildman–Crippen LogP) is 3.48. The number of aromatic nitrogens is 2. The Balaban J connectivity index is 2.08. The Bertz CT molecular complexity index is 793. The average Bonchev–Trinajstić information content (AvgIpc) is 2.97. The maximum absolute atomic E-state index is 7.66. The number of amidine groups is 1. The van der Waals surface area contributed by atoms with Crippen molar-refractivity contribution in [1.29, 1.82) is 5.41 Å². The lowest BCUT2D eigenvalue weighted by atomic mass is 10.1. The van der Waals surface area contributed by atoms with Crippen LogP contribution in [0, 0.1) is 5.41 Å². The topological polar surface area (TPSA) is 67.7 Å². The molecule has 0 aliphatic carbocycles. The van der Waals surface area contributed by atoms with Gasteiger partial charge in [0.1, 0.15) is 5.84 Å². The van der Waals surface area contributed by atoms with E-state index in [1.807, 2.05) is 36.5 Å². The highest BCUT2D eigenvalue weighted by Gasteiger charge is 2.10. The van der Waals surface area contributed by atoms with Crippen molar-refractivity contribution in [1.82, 2.24) is 9.78 Å². The molecule has 0 aliphatic rings. The largest absolute Gasteiger partial charge is 0.384 e. The Morgan fingerprint density at radius 2 is 1.86 bits per heavy atom. The third-order valence-corrected chi connectivity index (χ3v) is 3.42. The molecule has 104 valence electrons. The molecule has 3 aromatic rings. The lowest BCUT2D eigenvalue weighted by Crippen LogP contribution is -2.14. The molecular weight excluding hydrogens is 284 g/mol. The van der Waals surface area contributed by atoms with Crippen molar-refractivity contribution in [3.63, 3.8) is 0 Å². The maximum atomic E-state index is 7.66. The van der Waals surface area contributed by atoms with Crippen molar-refractivity contribution >= 4 is 17.4 Å². The van der Waals surface area contributed by atoms with E-state index in [1.54, 1.807) is 29.1 Å². The zero-order chi connectivity index (χ0) is 14.8. The lowest BCUT2D eigenvalue weighted by molar-refractivity contribution is 0.878. The number of hydrogen-bond acceptors (Lipinski definition) is 2. The number of hydrogen-bond donors (Lipinski definition) is 2. The first-order chi connectivity index (χ1) is 10.1. The van der Waals surface area contributed by atoms with E-state index in [0.29, 0.717) is 16.3 Å². The molecular formula is C16H13ClN4. The fourth-order valence-corrected chi connectivity index (χ4v) is 2.32. The van der Waals surface area contributed by atoms with Crippen LogP contribution in [0.2, 0.25) is 5.02 Å². The van der Waals surface area contributed by atoms with Crippen LogP contribution < -0.4 is 5.73 Å². The highest BCUT2D eigenvalue weighted by molar-refractivity contribution is 6.31. The first-order valence-corrected chi connectivity index (χ1v) is 6.77. The van der Waals surface area contributed by atoms with Crippen molar-refractivity contribution in [2.75, 3.05) is 0 Å². The Morgan fingerprint density at radius 1 is 1.10 bits per heavy atom. The summed E-state index contributed by atoms with van der Waals surface area (Å²) in [6.45, 7) is 0. The van der Waals surface area contributed by atoms with E-state index in [2.05, 4.69) is 5.10 Å². The summed E-state index contributed by atoms with van der Waals surface area (Å²) in [5, 5.41) is 12.6. The zero-order valence-corrected chi connectivity index (χ0v) is 11.9. The first-order valence-electron chi connectivity index (χ1n) is 6.39. The number of halogens is 1. The van der Waals surface area contributed by atoms with Gasteiger partial charge in [-0.3, -0.25) is 5.41 Å². The quantitative estimate of drug-likeness (QED) is 0.574. The number of nitrogen functional groups attached to an aromatic ring is 1. The molecule has 2 aromatic carbocycles. The van der Waals surface area contributed by atoms with Crippen molar-refractivity contribution in [3.8, 4) is 16.8 Å². The second-order valence-electron chi connectivity index (χ2n) is 4.61. The van der Waals surface area contributed by atoms with Gasteiger partial charge in [0.15, 0.2) is 0 Å². The van der Waals surface area contributed by atoms with E-state index in [0.717, 1.165) is 11.1 Å². The van der Waals surface area contributed by atoms with Crippen LogP contribution >= 0.6 is 11.6 Å². The summed E-state index contributed by atoms with van der Waals surface area (Å²) in [6.07, 6.45) is 3.67. The van der Waals surface area contributed by atoms with Crippen molar-refractivity contribution in [3.05, 3.63) is 71.5 Å². The number of nitrogens with zero attached hydrogens (tertiary/aromatic N) is 2. The second kappa shape index (κ2) is 5.42. The van der Waals surface area contributed by atoms with Crippen LogP contribution in [-0.2, 0) is 0 Å². The monoisotopic (exact) mass is 296 g/mol. The molecule has 1 heterocycles. The summed E-state index contributed by atoms with van der Waals surface area (Å²) in [4.78, 5) is 0. The number of nitrogens with one attached hydrogen (secondary N) is 1. The molecule has 0 saturated heterocycles.